The molecule has 142 valence electrons. The number of hydrogen-bond acceptors (Lipinski definition) is 4. The van der Waals surface area contributed by atoms with Gasteiger partial charge in [-0.05, 0) is 38.1 Å². The zero-order valence-corrected chi connectivity index (χ0v) is 15.6. The Kier molecular flexibility index (Phi) is 6.84. The molecule has 0 amide bonds. The number of rotatable bonds is 6. The van der Waals surface area contributed by atoms with Crippen molar-refractivity contribution in [3.8, 4) is 5.75 Å². The molecule has 0 saturated heterocycles. The first kappa shape index (κ1) is 20.0. The molecule has 0 bridgehead atoms. The van der Waals surface area contributed by atoms with Crippen LogP contribution in [0.3, 0.4) is 0 Å². The lowest BCUT2D eigenvalue weighted by molar-refractivity contribution is -0.137. The van der Waals surface area contributed by atoms with Crippen LogP contribution in [0, 0.1) is 13.8 Å². The molecule has 9 heteroatoms. The third-order valence-corrected chi connectivity index (χ3v) is 4.56. The Balaban J connectivity index is 1.73. The fraction of sp³-hybridized carbons (Fsp3) is 0.412. The third-order valence-electron chi connectivity index (χ3n) is 3.48. The molecule has 0 saturated carbocycles. The Morgan fingerprint density at radius 3 is 2.42 bits per heavy atom. The van der Waals surface area contributed by atoms with Gasteiger partial charge in [0, 0.05) is 11.9 Å². The van der Waals surface area contributed by atoms with Crippen LogP contribution in [0.2, 0.25) is 0 Å². The highest BCUT2D eigenvalue weighted by molar-refractivity contribution is 7.11. The molecule has 0 aliphatic rings. The highest BCUT2D eigenvalue weighted by atomic mass is 32.1. The van der Waals surface area contributed by atoms with Gasteiger partial charge in [0.2, 0.25) is 0 Å². The summed E-state index contributed by atoms with van der Waals surface area (Å²) >= 11 is 1.63. The fourth-order valence-electron chi connectivity index (χ4n) is 2.20. The van der Waals surface area contributed by atoms with Crippen LogP contribution in [-0.4, -0.2) is 31.1 Å². The van der Waals surface area contributed by atoms with Crippen LogP contribution < -0.4 is 15.4 Å². The number of benzene rings is 1. The first-order chi connectivity index (χ1) is 12.3. The van der Waals surface area contributed by atoms with E-state index in [4.69, 9.17) is 4.74 Å². The number of aliphatic imine (C=N–C) groups is 1. The average molecular weight is 386 g/mol. The highest BCUT2D eigenvalue weighted by Crippen LogP contribution is 2.30. The van der Waals surface area contributed by atoms with Crippen molar-refractivity contribution in [1.82, 2.24) is 15.6 Å². The Labute approximate surface area is 154 Å². The first-order valence-electron chi connectivity index (χ1n) is 7.97. The van der Waals surface area contributed by atoms with Gasteiger partial charge < -0.3 is 15.4 Å². The number of thiazole rings is 1. The van der Waals surface area contributed by atoms with Gasteiger partial charge in [0.05, 0.1) is 29.4 Å². The number of nitrogens with zero attached hydrogens (tertiary/aromatic N) is 2. The largest absolute Gasteiger partial charge is 0.492 e. The van der Waals surface area contributed by atoms with Crippen molar-refractivity contribution in [3.05, 3.63) is 45.4 Å². The summed E-state index contributed by atoms with van der Waals surface area (Å²) in [5.41, 5.74) is 0.308. The van der Waals surface area contributed by atoms with Gasteiger partial charge in [-0.1, -0.05) is 0 Å². The van der Waals surface area contributed by atoms with Crippen molar-refractivity contribution >= 4 is 17.3 Å². The topological polar surface area (TPSA) is 58.5 Å². The minimum absolute atomic E-state index is 0.296. The van der Waals surface area contributed by atoms with E-state index in [9.17, 15) is 13.2 Å². The van der Waals surface area contributed by atoms with E-state index < -0.39 is 11.7 Å². The summed E-state index contributed by atoms with van der Waals surface area (Å²) in [6.45, 7) is 5.31. The van der Waals surface area contributed by atoms with E-state index >= 15 is 0 Å². The number of alkyl halides is 3. The summed E-state index contributed by atoms with van der Waals surface area (Å²) in [7, 11) is 1.66. The predicted octanol–water partition coefficient (Wildman–Crippen LogP) is 3.52. The van der Waals surface area contributed by atoms with Crippen molar-refractivity contribution in [1.29, 1.82) is 0 Å². The number of nitrogens with one attached hydrogen (secondary N) is 2. The van der Waals surface area contributed by atoms with Gasteiger partial charge in [-0.2, -0.15) is 13.2 Å². The van der Waals surface area contributed by atoms with Crippen molar-refractivity contribution < 1.29 is 17.9 Å². The van der Waals surface area contributed by atoms with Gasteiger partial charge in [0.25, 0.3) is 0 Å². The standard InChI is InChI=1S/C17H21F3N4OS/c1-11-15(26-12(2)24-11)10-23-16(21-3)22-8-9-25-14-6-4-13(5-7-14)17(18,19)20/h4-7H,8-10H2,1-3H3,(H2,21,22,23). The molecule has 2 N–H and O–H groups in total. The first-order valence-corrected chi connectivity index (χ1v) is 8.78. The van der Waals surface area contributed by atoms with Gasteiger partial charge >= 0.3 is 6.18 Å². The van der Waals surface area contributed by atoms with Crippen molar-refractivity contribution in [2.45, 2.75) is 26.6 Å². The molecule has 0 spiro atoms. The number of aryl methyl sites for hydroxylation is 2. The number of aromatic nitrogens is 1. The van der Waals surface area contributed by atoms with Crippen LogP contribution in [0.15, 0.2) is 29.3 Å². The lowest BCUT2D eigenvalue weighted by Crippen LogP contribution is -2.38. The Morgan fingerprint density at radius 1 is 1.19 bits per heavy atom. The molecule has 1 aromatic heterocycles. The van der Waals surface area contributed by atoms with Crippen LogP contribution >= 0.6 is 11.3 Å². The molecule has 0 atom stereocenters. The van der Waals surface area contributed by atoms with Crippen molar-refractivity contribution in [2.24, 2.45) is 4.99 Å². The Hall–Kier alpha value is -2.29. The Morgan fingerprint density at radius 2 is 1.88 bits per heavy atom. The fourth-order valence-corrected chi connectivity index (χ4v) is 3.08. The smallest absolute Gasteiger partial charge is 0.416 e. The number of ether oxygens (including phenoxy) is 1. The van der Waals surface area contributed by atoms with Gasteiger partial charge in [0.15, 0.2) is 5.96 Å². The zero-order chi connectivity index (χ0) is 19.2. The molecular formula is C17H21F3N4OS. The number of halogens is 3. The maximum absolute atomic E-state index is 12.5. The van der Waals surface area contributed by atoms with E-state index in [0.717, 1.165) is 27.7 Å². The van der Waals surface area contributed by atoms with Crippen LogP contribution in [0.4, 0.5) is 13.2 Å². The van der Waals surface area contributed by atoms with E-state index in [1.165, 1.54) is 12.1 Å². The summed E-state index contributed by atoms with van der Waals surface area (Å²) in [6, 6.07) is 4.63. The maximum atomic E-state index is 12.5. The molecule has 0 aliphatic heterocycles. The SMILES string of the molecule is CN=C(NCCOc1ccc(C(F)(F)F)cc1)NCc1sc(C)nc1C. The molecular weight excluding hydrogens is 365 g/mol. The summed E-state index contributed by atoms with van der Waals surface area (Å²) in [5.74, 6) is 1.00. The third kappa shape index (κ3) is 5.91. The molecule has 0 radical (unpaired) electrons. The molecule has 0 unspecified atom stereocenters. The molecule has 1 aromatic carbocycles. The normalized spacial score (nSPS) is 12.2. The van der Waals surface area contributed by atoms with Gasteiger partial charge in [-0.15, -0.1) is 11.3 Å². The van der Waals surface area contributed by atoms with Gasteiger partial charge in [-0.3, -0.25) is 4.99 Å². The summed E-state index contributed by atoms with van der Waals surface area (Å²) in [4.78, 5) is 9.64. The average Bonchev–Trinajstić information content (AvgIpc) is 2.91. The van der Waals surface area contributed by atoms with E-state index in [2.05, 4.69) is 20.6 Å². The lowest BCUT2D eigenvalue weighted by Gasteiger charge is -2.12. The monoisotopic (exact) mass is 386 g/mol. The second kappa shape index (κ2) is 8.88. The summed E-state index contributed by atoms with van der Waals surface area (Å²) in [5, 5.41) is 7.30. The van der Waals surface area contributed by atoms with Crippen LogP contribution in [0.5, 0.6) is 5.75 Å². The van der Waals surface area contributed by atoms with Crippen LogP contribution in [0.25, 0.3) is 0 Å². The molecule has 2 aromatic rings. The number of guanidine groups is 1. The highest BCUT2D eigenvalue weighted by Gasteiger charge is 2.29. The molecule has 5 nitrogen and oxygen atoms in total. The van der Waals surface area contributed by atoms with Crippen LogP contribution in [-0.2, 0) is 12.7 Å². The predicted molar refractivity (Wildman–Crippen MR) is 96.7 cm³/mol. The maximum Gasteiger partial charge on any atom is 0.416 e. The van der Waals surface area contributed by atoms with Crippen molar-refractivity contribution in [2.75, 3.05) is 20.2 Å². The van der Waals surface area contributed by atoms with E-state index in [-0.39, 0.29) is 0 Å². The van der Waals surface area contributed by atoms with Crippen LogP contribution in [0.1, 0.15) is 21.1 Å². The van der Waals surface area contributed by atoms with Gasteiger partial charge in [0.1, 0.15) is 12.4 Å². The van der Waals surface area contributed by atoms with E-state index in [0.29, 0.717) is 31.4 Å². The van der Waals surface area contributed by atoms with E-state index in [1.54, 1.807) is 18.4 Å². The Bertz CT molecular complexity index is 741. The van der Waals surface area contributed by atoms with Crippen molar-refractivity contribution in [3.63, 3.8) is 0 Å². The second-order valence-corrected chi connectivity index (χ2v) is 6.75. The minimum atomic E-state index is -4.34. The lowest BCUT2D eigenvalue weighted by atomic mass is 10.2. The molecule has 1 heterocycles. The van der Waals surface area contributed by atoms with E-state index in [1.807, 2.05) is 13.8 Å². The quantitative estimate of drug-likeness (QED) is 0.453. The van der Waals surface area contributed by atoms with Gasteiger partial charge in [-0.25, -0.2) is 4.98 Å². The molecule has 26 heavy (non-hydrogen) atoms. The number of hydrogen-bond donors (Lipinski definition) is 2. The summed E-state index contributed by atoms with van der Waals surface area (Å²) in [6.07, 6.45) is -4.34. The second-order valence-electron chi connectivity index (χ2n) is 5.46. The molecule has 0 aliphatic carbocycles. The minimum Gasteiger partial charge on any atom is -0.492 e. The zero-order valence-electron chi connectivity index (χ0n) is 14.8. The molecule has 0 fully saturated rings. The molecule has 2 rings (SSSR count). The summed E-state index contributed by atoms with van der Waals surface area (Å²) < 4.78 is 42.9.